The first-order valence-corrected chi connectivity index (χ1v) is 11.5. The summed E-state index contributed by atoms with van der Waals surface area (Å²) in [7, 11) is 1.84. The second-order valence-corrected chi connectivity index (χ2v) is 9.48. The number of guanidine groups is 1. The highest BCUT2D eigenvalue weighted by molar-refractivity contribution is 5.79. The highest BCUT2D eigenvalue weighted by atomic mass is 16.6. The largest absolute Gasteiger partial charge is 0.444 e. The number of carbonyl (C=O) groups excluding carboxylic acids is 1. The minimum atomic E-state index is -0.434. The number of nitrogens with one attached hydrogen (secondary N) is 2. The zero-order valence-electron chi connectivity index (χ0n) is 19.3. The summed E-state index contributed by atoms with van der Waals surface area (Å²) in [6, 6.07) is 0.506. The SMILES string of the molecule is CCCN1CCC(NC(=NC)NCCC2CCCN(C(=O)OC(C)(C)C)C2)CC1. The van der Waals surface area contributed by atoms with E-state index in [0.717, 1.165) is 38.4 Å². The number of rotatable bonds is 6. The molecule has 1 atom stereocenters. The van der Waals surface area contributed by atoms with E-state index in [-0.39, 0.29) is 6.09 Å². The summed E-state index contributed by atoms with van der Waals surface area (Å²) >= 11 is 0. The van der Waals surface area contributed by atoms with Gasteiger partial charge in [-0.3, -0.25) is 4.99 Å². The summed E-state index contributed by atoms with van der Waals surface area (Å²) < 4.78 is 5.53. The van der Waals surface area contributed by atoms with Gasteiger partial charge < -0.3 is 25.2 Å². The molecule has 0 aromatic heterocycles. The Kier molecular flexibility index (Phi) is 9.53. The second kappa shape index (κ2) is 11.6. The van der Waals surface area contributed by atoms with Crippen LogP contribution in [0.5, 0.6) is 0 Å². The molecular weight excluding hydrogens is 366 g/mol. The molecule has 0 aliphatic carbocycles. The van der Waals surface area contributed by atoms with Gasteiger partial charge in [-0.15, -0.1) is 0 Å². The van der Waals surface area contributed by atoms with Gasteiger partial charge in [-0.25, -0.2) is 4.79 Å². The van der Waals surface area contributed by atoms with E-state index in [1.165, 1.54) is 45.3 Å². The van der Waals surface area contributed by atoms with E-state index in [0.29, 0.717) is 12.0 Å². The van der Waals surface area contributed by atoms with Crippen LogP contribution in [0.15, 0.2) is 4.99 Å². The van der Waals surface area contributed by atoms with Gasteiger partial charge >= 0.3 is 6.09 Å². The third kappa shape index (κ3) is 8.81. The number of ether oxygens (including phenoxy) is 1. The van der Waals surface area contributed by atoms with Gasteiger partial charge in [0.15, 0.2) is 5.96 Å². The molecule has 2 N–H and O–H groups in total. The number of aliphatic imine (C=N–C) groups is 1. The number of likely N-dealkylation sites (tertiary alicyclic amines) is 2. The van der Waals surface area contributed by atoms with Gasteiger partial charge in [-0.2, -0.15) is 0 Å². The molecule has 1 unspecified atom stereocenters. The summed E-state index contributed by atoms with van der Waals surface area (Å²) in [4.78, 5) is 21.1. The smallest absolute Gasteiger partial charge is 0.410 e. The van der Waals surface area contributed by atoms with Gasteiger partial charge in [0.25, 0.3) is 0 Å². The van der Waals surface area contributed by atoms with Gasteiger partial charge in [0.2, 0.25) is 0 Å². The van der Waals surface area contributed by atoms with Crippen molar-refractivity contribution in [2.75, 3.05) is 46.3 Å². The van der Waals surface area contributed by atoms with E-state index in [1.54, 1.807) is 0 Å². The van der Waals surface area contributed by atoms with Crippen LogP contribution in [0.4, 0.5) is 4.79 Å². The lowest BCUT2D eigenvalue weighted by Crippen LogP contribution is -2.49. The molecule has 2 saturated heterocycles. The number of carbonyl (C=O) groups is 1. The first-order chi connectivity index (χ1) is 13.8. The highest BCUT2D eigenvalue weighted by Crippen LogP contribution is 2.21. The first-order valence-electron chi connectivity index (χ1n) is 11.5. The van der Waals surface area contributed by atoms with E-state index >= 15 is 0 Å². The molecule has 2 heterocycles. The predicted molar refractivity (Wildman–Crippen MR) is 119 cm³/mol. The quantitative estimate of drug-likeness (QED) is 0.521. The molecule has 168 valence electrons. The van der Waals surface area contributed by atoms with Crippen molar-refractivity contribution in [3.05, 3.63) is 0 Å². The number of hydrogen-bond acceptors (Lipinski definition) is 4. The Morgan fingerprint density at radius 3 is 2.52 bits per heavy atom. The van der Waals surface area contributed by atoms with Crippen LogP contribution in [0.2, 0.25) is 0 Å². The predicted octanol–water partition coefficient (Wildman–Crippen LogP) is 3.06. The molecule has 2 fully saturated rings. The fourth-order valence-corrected chi connectivity index (χ4v) is 4.19. The van der Waals surface area contributed by atoms with Gasteiger partial charge in [0.1, 0.15) is 5.60 Å². The topological polar surface area (TPSA) is 69.2 Å². The second-order valence-electron chi connectivity index (χ2n) is 9.48. The lowest BCUT2D eigenvalue weighted by Gasteiger charge is -2.34. The monoisotopic (exact) mass is 409 g/mol. The fourth-order valence-electron chi connectivity index (χ4n) is 4.19. The zero-order chi connectivity index (χ0) is 21.3. The van der Waals surface area contributed by atoms with Crippen LogP contribution in [0, 0.1) is 5.92 Å². The molecule has 0 radical (unpaired) electrons. The molecule has 7 nitrogen and oxygen atoms in total. The van der Waals surface area contributed by atoms with Crippen molar-refractivity contribution in [1.29, 1.82) is 0 Å². The molecule has 2 aliphatic rings. The Bertz CT molecular complexity index is 524. The van der Waals surface area contributed by atoms with Crippen molar-refractivity contribution in [2.45, 2.75) is 77.9 Å². The highest BCUT2D eigenvalue weighted by Gasteiger charge is 2.27. The van der Waals surface area contributed by atoms with Gasteiger partial charge in [0, 0.05) is 45.8 Å². The standard InChI is InChI=1S/C22H43N5O2/c1-6-13-26-15-10-19(11-16-26)25-20(23-5)24-12-9-18-8-7-14-27(17-18)21(28)29-22(2,3)4/h18-19H,6-17H2,1-5H3,(H2,23,24,25). The third-order valence-corrected chi connectivity index (χ3v) is 5.71. The average molecular weight is 410 g/mol. The Labute approximate surface area is 177 Å². The fraction of sp³-hybridized carbons (Fsp3) is 0.909. The van der Waals surface area contributed by atoms with Crippen LogP contribution < -0.4 is 10.6 Å². The zero-order valence-corrected chi connectivity index (χ0v) is 19.3. The van der Waals surface area contributed by atoms with Crippen LogP contribution in [0.25, 0.3) is 0 Å². The summed E-state index contributed by atoms with van der Waals surface area (Å²) in [5, 5.41) is 7.06. The summed E-state index contributed by atoms with van der Waals surface area (Å²) in [6.45, 7) is 14.0. The molecule has 0 saturated carbocycles. The van der Waals surface area contributed by atoms with E-state index < -0.39 is 5.60 Å². The van der Waals surface area contributed by atoms with Crippen molar-refractivity contribution in [3.8, 4) is 0 Å². The molecule has 1 amide bonds. The molecule has 0 aromatic carbocycles. The molecule has 2 rings (SSSR count). The summed E-state index contributed by atoms with van der Waals surface area (Å²) in [5.41, 5.74) is -0.434. The van der Waals surface area contributed by atoms with Gasteiger partial charge in [0.05, 0.1) is 0 Å². The molecule has 0 bridgehead atoms. The summed E-state index contributed by atoms with van der Waals surface area (Å²) in [5.74, 6) is 1.41. The molecule has 0 spiro atoms. The Balaban J connectivity index is 1.68. The number of amides is 1. The minimum Gasteiger partial charge on any atom is -0.444 e. The van der Waals surface area contributed by atoms with Gasteiger partial charge in [-0.1, -0.05) is 6.92 Å². The van der Waals surface area contributed by atoms with Crippen LogP contribution in [-0.2, 0) is 4.74 Å². The molecular formula is C22H43N5O2. The normalized spacial score (nSPS) is 22.4. The van der Waals surface area contributed by atoms with Crippen LogP contribution in [0.3, 0.4) is 0 Å². The van der Waals surface area contributed by atoms with E-state index in [2.05, 4.69) is 27.4 Å². The molecule has 0 aromatic rings. The van der Waals surface area contributed by atoms with E-state index in [1.807, 2.05) is 32.7 Å². The van der Waals surface area contributed by atoms with Gasteiger partial charge in [-0.05, 0) is 71.8 Å². The lowest BCUT2D eigenvalue weighted by atomic mass is 9.95. The van der Waals surface area contributed by atoms with E-state index in [4.69, 9.17) is 4.74 Å². The first kappa shape index (κ1) is 23.8. The Hall–Kier alpha value is -1.50. The lowest BCUT2D eigenvalue weighted by molar-refractivity contribution is 0.0162. The maximum absolute atomic E-state index is 12.3. The van der Waals surface area contributed by atoms with Crippen molar-refractivity contribution in [2.24, 2.45) is 10.9 Å². The van der Waals surface area contributed by atoms with E-state index in [9.17, 15) is 4.79 Å². The minimum absolute atomic E-state index is 0.179. The maximum atomic E-state index is 12.3. The number of nitrogens with zero attached hydrogens (tertiary/aromatic N) is 3. The molecule has 29 heavy (non-hydrogen) atoms. The van der Waals surface area contributed by atoms with Crippen LogP contribution >= 0.6 is 0 Å². The Morgan fingerprint density at radius 2 is 1.90 bits per heavy atom. The Morgan fingerprint density at radius 1 is 1.17 bits per heavy atom. The summed E-state index contributed by atoms with van der Waals surface area (Å²) in [6.07, 6.45) is 6.66. The number of piperidine rings is 2. The average Bonchev–Trinajstić information content (AvgIpc) is 2.68. The van der Waals surface area contributed by atoms with Crippen molar-refractivity contribution in [3.63, 3.8) is 0 Å². The van der Waals surface area contributed by atoms with Crippen molar-refractivity contribution < 1.29 is 9.53 Å². The van der Waals surface area contributed by atoms with Crippen LogP contribution in [-0.4, -0.2) is 79.8 Å². The maximum Gasteiger partial charge on any atom is 0.410 e. The van der Waals surface area contributed by atoms with Crippen molar-refractivity contribution in [1.82, 2.24) is 20.4 Å². The van der Waals surface area contributed by atoms with Crippen LogP contribution in [0.1, 0.15) is 66.2 Å². The third-order valence-electron chi connectivity index (χ3n) is 5.71. The number of hydrogen-bond donors (Lipinski definition) is 2. The molecule has 7 heteroatoms. The molecule has 2 aliphatic heterocycles. The van der Waals surface area contributed by atoms with Crippen molar-refractivity contribution >= 4 is 12.1 Å².